The molecule has 0 saturated carbocycles. The van der Waals surface area contributed by atoms with E-state index in [4.69, 9.17) is 0 Å². The number of allylic oxidation sites excluding steroid dienone is 6. The second-order valence-electron chi connectivity index (χ2n) is 4.00. The van der Waals surface area contributed by atoms with Gasteiger partial charge in [0.15, 0.2) is 0 Å². The van der Waals surface area contributed by atoms with E-state index in [-0.39, 0.29) is 5.97 Å². The molecule has 0 radical (unpaired) electrons. The maximum atomic E-state index is 10.9. The lowest BCUT2D eigenvalue weighted by atomic mass is 10.1. The van der Waals surface area contributed by atoms with Gasteiger partial charge >= 0.3 is 5.97 Å². The summed E-state index contributed by atoms with van der Waals surface area (Å²) in [6.45, 7) is 1.92. The van der Waals surface area contributed by atoms with Crippen LogP contribution in [0.25, 0.3) is 0 Å². The summed E-state index contributed by atoms with van der Waals surface area (Å²) in [7, 11) is 1.42. The highest BCUT2D eigenvalue weighted by atomic mass is 16.5. The van der Waals surface area contributed by atoms with Gasteiger partial charge in [0.25, 0.3) is 0 Å². The van der Waals surface area contributed by atoms with Crippen LogP contribution < -0.4 is 0 Å². The van der Waals surface area contributed by atoms with Crippen molar-refractivity contribution in [1.82, 2.24) is 0 Å². The van der Waals surface area contributed by atoms with Crippen LogP contribution in [0.2, 0.25) is 0 Å². The van der Waals surface area contributed by atoms with Crippen molar-refractivity contribution in [2.24, 2.45) is 0 Å². The molecule has 0 fully saturated rings. The quantitative estimate of drug-likeness (QED) is 0.304. The number of esters is 1. The van der Waals surface area contributed by atoms with E-state index in [9.17, 15) is 4.79 Å². The van der Waals surface area contributed by atoms with E-state index >= 15 is 0 Å². The van der Waals surface area contributed by atoms with Crippen molar-refractivity contribution in [3.05, 3.63) is 36.5 Å². The van der Waals surface area contributed by atoms with Crippen LogP contribution in [0.3, 0.4) is 0 Å². The van der Waals surface area contributed by atoms with Crippen molar-refractivity contribution in [3.63, 3.8) is 0 Å². The first-order chi connectivity index (χ1) is 9.81. The smallest absolute Gasteiger partial charge is 0.305 e. The Kier molecular flexibility index (Phi) is 13.2. The van der Waals surface area contributed by atoms with E-state index in [1.165, 1.54) is 7.11 Å². The summed E-state index contributed by atoms with van der Waals surface area (Å²) < 4.78 is 4.58. The van der Waals surface area contributed by atoms with E-state index in [0.717, 1.165) is 25.7 Å². The Bertz CT molecular complexity index is 459. The molecule has 0 aliphatic heterocycles. The SMILES string of the molecule is CC=CC#CC#CC=CC=CCCCCCC(=O)OC. The van der Waals surface area contributed by atoms with Crippen LogP contribution in [0.4, 0.5) is 0 Å². The van der Waals surface area contributed by atoms with Gasteiger partial charge in [-0.2, -0.15) is 0 Å². The molecule has 20 heavy (non-hydrogen) atoms. The Hall–Kier alpha value is -2.19. The van der Waals surface area contributed by atoms with Gasteiger partial charge in [0.1, 0.15) is 0 Å². The van der Waals surface area contributed by atoms with Gasteiger partial charge in [-0.15, -0.1) is 0 Å². The molecular weight excluding hydrogens is 248 g/mol. The fourth-order valence-electron chi connectivity index (χ4n) is 1.33. The largest absolute Gasteiger partial charge is 0.469 e. The highest BCUT2D eigenvalue weighted by Crippen LogP contribution is 2.04. The van der Waals surface area contributed by atoms with Crippen LogP contribution in [-0.2, 0) is 9.53 Å². The molecule has 106 valence electrons. The highest BCUT2D eigenvalue weighted by molar-refractivity contribution is 5.68. The van der Waals surface area contributed by atoms with E-state index in [2.05, 4.69) is 34.5 Å². The zero-order chi connectivity index (χ0) is 14.9. The van der Waals surface area contributed by atoms with Crippen molar-refractivity contribution < 1.29 is 9.53 Å². The van der Waals surface area contributed by atoms with Gasteiger partial charge in [-0.25, -0.2) is 0 Å². The molecule has 0 saturated heterocycles. The van der Waals surface area contributed by atoms with Crippen LogP contribution >= 0.6 is 0 Å². The number of hydrogen-bond donors (Lipinski definition) is 0. The zero-order valence-corrected chi connectivity index (χ0v) is 12.3. The van der Waals surface area contributed by atoms with Gasteiger partial charge in [-0.3, -0.25) is 4.79 Å². The van der Waals surface area contributed by atoms with E-state index in [1.807, 2.05) is 25.2 Å². The molecule has 0 bridgehead atoms. The molecule has 2 heteroatoms. The third-order valence-electron chi connectivity index (χ3n) is 2.36. The molecule has 0 aromatic carbocycles. The zero-order valence-electron chi connectivity index (χ0n) is 12.3. The van der Waals surface area contributed by atoms with Gasteiger partial charge in [0.2, 0.25) is 0 Å². The van der Waals surface area contributed by atoms with Crippen molar-refractivity contribution in [2.75, 3.05) is 7.11 Å². The molecule has 2 nitrogen and oxygen atoms in total. The molecule has 0 spiro atoms. The number of methoxy groups -OCH3 is 1. The predicted molar refractivity (Wildman–Crippen MR) is 83.7 cm³/mol. The van der Waals surface area contributed by atoms with Crippen LogP contribution in [0.1, 0.15) is 39.0 Å². The first-order valence-corrected chi connectivity index (χ1v) is 6.82. The van der Waals surface area contributed by atoms with Crippen molar-refractivity contribution in [2.45, 2.75) is 39.0 Å². The summed E-state index contributed by atoms with van der Waals surface area (Å²) in [5.41, 5.74) is 0. The summed E-state index contributed by atoms with van der Waals surface area (Å²) in [6.07, 6.45) is 16.0. The minimum atomic E-state index is -0.125. The fourth-order valence-corrected chi connectivity index (χ4v) is 1.33. The van der Waals surface area contributed by atoms with Crippen LogP contribution in [-0.4, -0.2) is 13.1 Å². The van der Waals surface area contributed by atoms with Gasteiger partial charge in [-0.05, 0) is 50.2 Å². The normalized spacial score (nSPS) is 10.3. The van der Waals surface area contributed by atoms with Crippen molar-refractivity contribution in [1.29, 1.82) is 0 Å². The average molecular weight is 270 g/mol. The molecule has 0 rings (SSSR count). The highest BCUT2D eigenvalue weighted by Gasteiger charge is 1.97. The summed E-state index contributed by atoms with van der Waals surface area (Å²) in [4.78, 5) is 10.9. The Morgan fingerprint density at radius 1 is 1.05 bits per heavy atom. The van der Waals surface area contributed by atoms with E-state index < -0.39 is 0 Å². The van der Waals surface area contributed by atoms with Crippen molar-refractivity contribution >= 4 is 5.97 Å². The first-order valence-electron chi connectivity index (χ1n) is 6.82. The Morgan fingerprint density at radius 2 is 1.80 bits per heavy atom. The third kappa shape index (κ3) is 13.9. The average Bonchev–Trinajstić information content (AvgIpc) is 2.47. The molecular formula is C18H22O2. The van der Waals surface area contributed by atoms with E-state index in [1.54, 1.807) is 12.2 Å². The van der Waals surface area contributed by atoms with Gasteiger partial charge < -0.3 is 4.74 Å². The van der Waals surface area contributed by atoms with Crippen LogP contribution in [0, 0.1) is 23.7 Å². The Balaban J connectivity index is 3.58. The lowest BCUT2D eigenvalue weighted by Crippen LogP contribution is -1.98. The monoisotopic (exact) mass is 270 g/mol. The number of ether oxygens (including phenoxy) is 1. The topological polar surface area (TPSA) is 26.3 Å². The van der Waals surface area contributed by atoms with E-state index in [0.29, 0.717) is 6.42 Å². The maximum Gasteiger partial charge on any atom is 0.305 e. The first kappa shape index (κ1) is 17.8. The Labute approximate surface area is 122 Å². The summed E-state index contributed by atoms with van der Waals surface area (Å²) in [6, 6.07) is 0. The molecule has 0 atom stereocenters. The Morgan fingerprint density at radius 3 is 2.50 bits per heavy atom. The van der Waals surface area contributed by atoms with Crippen LogP contribution in [0.5, 0.6) is 0 Å². The molecule has 0 aromatic heterocycles. The lowest BCUT2D eigenvalue weighted by molar-refractivity contribution is -0.140. The fraction of sp³-hybridized carbons (Fsp3) is 0.389. The van der Waals surface area contributed by atoms with Crippen molar-refractivity contribution in [3.8, 4) is 23.7 Å². The summed E-state index contributed by atoms with van der Waals surface area (Å²) >= 11 is 0. The number of carbonyl (C=O) groups excluding carboxylic acids is 1. The number of rotatable bonds is 7. The lowest BCUT2D eigenvalue weighted by Gasteiger charge is -1.97. The summed E-state index contributed by atoms with van der Waals surface area (Å²) in [5, 5.41) is 0. The molecule has 0 aromatic rings. The van der Waals surface area contributed by atoms with Gasteiger partial charge in [0, 0.05) is 6.42 Å². The summed E-state index contributed by atoms with van der Waals surface area (Å²) in [5.74, 6) is 10.9. The number of carbonyl (C=O) groups is 1. The number of unbranched alkanes of at least 4 members (excludes halogenated alkanes) is 3. The van der Waals surface area contributed by atoms with Crippen LogP contribution in [0.15, 0.2) is 36.5 Å². The molecule has 0 heterocycles. The molecule has 0 N–H and O–H groups in total. The standard InChI is InChI=1S/C18H22O2/c1-3-4-5-6-7-8-9-10-11-12-13-14-15-16-17-18(19)20-2/h3-4,9-12H,13-17H2,1-2H3. The van der Waals surface area contributed by atoms with Gasteiger partial charge in [0.05, 0.1) is 7.11 Å². The maximum absolute atomic E-state index is 10.9. The minimum Gasteiger partial charge on any atom is -0.469 e. The number of hydrogen-bond acceptors (Lipinski definition) is 2. The molecule has 0 aliphatic rings. The predicted octanol–water partition coefficient (Wildman–Crippen LogP) is 3.81. The second-order valence-corrected chi connectivity index (χ2v) is 4.00. The second kappa shape index (κ2) is 14.9. The van der Waals surface area contributed by atoms with Gasteiger partial charge in [-0.1, -0.05) is 42.6 Å². The minimum absolute atomic E-state index is 0.125. The molecule has 0 unspecified atom stereocenters. The molecule has 0 aliphatic carbocycles. The molecule has 0 amide bonds. The third-order valence-corrected chi connectivity index (χ3v) is 2.36.